The molecule has 1 atom stereocenters. The molecule has 0 fully saturated rings. The van der Waals surface area contributed by atoms with Crippen molar-refractivity contribution in [1.29, 1.82) is 0 Å². The smallest absolute Gasteiger partial charge is 0.322 e. The Hall–Kier alpha value is -2.63. The van der Waals surface area contributed by atoms with Crippen LogP contribution in [0.25, 0.3) is 6.08 Å². The van der Waals surface area contributed by atoms with Gasteiger partial charge in [0.05, 0.1) is 14.2 Å². The topological polar surface area (TPSA) is 85.2 Å². The summed E-state index contributed by atoms with van der Waals surface area (Å²) in [6.07, 6.45) is 1.42. The molecule has 1 aromatic rings. The van der Waals surface area contributed by atoms with Gasteiger partial charge in [0.25, 0.3) is 0 Å². The molecule has 0 radical (unpaired) electrons. The maximum absolute atomic E-state index is 12.2. The van der Waals surface area contributed by atoms with Crippen LogP contribution in [0.2, 0.25) is 0 Å². The van der Waals surface area contributed by atoms with E-state index in [1.807, 2.05) is 0 Å². The Morgan fingerprint density at radius 3 is 2.71 bits per heavy atom. The van der Waals surface area contributed by atoms with Gasteiger partial charge in [0.1, 0.15) is 5.70 Å². The van der Waals surface area contributed by atoms with Gasteiger partial charge in [-0.05, 0) is 19.1 Å². The highest BCUT2D eigenvalue weighted by molar-refractivity contribution is 6.28. The second-order valence-corrected chi connectivity index (χ2v) is 4.50. The van der Waals surface area contributed by atoms with Crippen molar-refractivity contribution in [3.05, 3.63) is 29.5 Å². The summed E-state index contributed by atoms with van der Waals surface area (Å²) in [6, 6.07) is 4.90. The van der Waals surface area contributed by atoms with Gasteiger partial charge in [-0.2, -0.15) is 0 Å². The van der Waals surface area contributed by atoms with Crippen molar-refractivity contribution < 1.29 is 24.2 Å². The third kappa shape index (κ3) is 2.65. The van der Waals surface area contributed by atoms with E-state index in [9.17, 15) is 14.7 Å². The number of phenolic OH excluding ortho intramolecular Hbond substituents is 1. The van der Waals surface area contributed by atoms with E-state index in [0.29, 0.717) is 17.0 Å². The van der Waals surface area contributed by atoms with E-state index in [2.05, 4.69) is 9.73 Å². The highest BCUT2D eigenvalue weighted by Crippen LogP contribution is 2.32. The Morgan fingerprint density at radius 1 is 1.38 bits per heavy atom. The fourth-order valence-electron chi connectivity index (χ4n) is 2.11. The zero-order chi connectivity index (χ0) is 15.6. The van der Waals surface area contributed by atoms with Crippen LogP contribution >= 0.6 is 0 Å². The number of allylic oxidation sites excluding steroid dienone is 1. The molecule has 1 aliphatic rings. The van der Waals surface area contributed by atoms with Crippen LogP contribution in [0.4, 0.5) is 0 Å². The summed E-state index contributed by atoms with van der Waals surface area (Å²) in [5, 5.41) is 10.0. The number of hydrogen-bond donors (Lipinski definition) is 1. The van der Waals surface area contributed by atoms with Crippen LogP contribution in [-0.2, 0) is 14.3 Å². The number of nitrogens with zero attached hydrogens (tertiary/aromatic N) is 1. The van der Waals surface area contributed by atoms with Crippen LogP contribution in [-0.4, -0.2) is 36.8 Å². The Bertz CT molecular complexity index is 660. The number of hydrogen-bond acceptors (Lipinski definition) is 6. The second-order valence-electron chi connectivity index (χ2n) is 4.50. The summed E-state index contributed by atoms with van der Waals surface area (Å²) in [7, 11) is 2.65. The van der Waals surface area contributed by atoms with Crippen molar-refractivity contribution in [2.75, 3.05) is 14.2 Å². The molecular weight excluding hydrogens is 274 g/mol. The maximum atomic E-state index is 12.2. The molecule has 2 rings (SSSR count). The zero-order valence-corrected chi connectivity index (χ0v) is 11.9. The van der Waals surface area contributed by atoms with Crippen LogP contribution in [0, 0.1) is 5.92 Å². The molecule has 0 aromatic heterocycles. The fourth-order valence-corrected chi connectivity index (χ4v) is 2.11. The first-order chi connectivity index (χ1) is 9.99. The molecule has 0 spiro atoms. The van der Waals surface area contributed by atoms with E-state index < -0.39 is 17.7 Å². The molecule has 0 saturated heterocycles. The van der Waals surface area contributed by atoms with Crippen molar-refractivity contribution in [3.8, 4) is 11.5 Å². The van der Waals surface area contributed by atoms with Gasteiger partial charge < -0.3 is 14.6 Å². The largest absolute Gasteiger partial charge is 0.504 e. The first kappa shape index (κ1) is 14.8. The fraction of sp³-hybridized carbons (Fsp3) is 0.267. The summed E-state index contributed by atoms with van der Waals surface area (Å²) in [5.74, 6) is -1.88. The SMILES string of the molecule is COC(=O)C1C(=O)/C(=C/c2cccc(OC)c2O)N=C1C. The van der Waals surface area contributed by atoms with Gasteiger partial charge >= 0.3 is 5.97 Å². The van der Waals surface area contributed by atoms with E-state index >= 15 is 0 Å². The molecule has 1 aromatic carbocycles. The average molecular weight is 289 g/mol. The monoisotopic (exact) mass is 289 g/mol. The van der Waals surface area contributed by atoms with Crippen molar-refractivity contribution in [2.45, 2.75) is 6.92 Å². The van der Waals surface area contributed by atoms with Gasteiger partial charge in [0.2, 0.25) is 5.78 Å². The van der Waals surface area contributed by atoms with E-state index in [-0.39, 0.29) is 11.4 Å². The number of aliphatic imine (C=N–C) groups is 1. The van der Waals surface area contributed by atoms with Gasteiger partial charge in [-0.15, -0.1) is 0 Å². The van der Waals surface area contributed by atoms with Gasteiger partial charge in [-0.1, -0.05) is 12.1 Å². The van der Waals surface area contributed by atoms with Gasteiger partial charge in [0, 0.05) is 11.3 Å². The summed E-state index contributed by atoms with van der Waals surface area (Å²) in [5.41, 5.74) is 0.867. The summed E-state index contributed by atoms with van der Waals surface area (Å²) in [6.45, 7) is 1.59. The van der Waals surface area contributed by atoms with Crippen molar-refractivity contribution >= 4 is 23.5 Å². The zero-order valence-electron chi connectivity index (χ0n) is 11.9. The van der Waals surface area contributed by atoms with Gasteiger partial charge in [-0.25, -0.2) is 0 Å². The van der Waals surface area contributed by atoms with E-state index in [1.165, 1.54) is 20.3 Å². The molecule has 0 saturated carbocycles. The molecule has 6 heteroatoms. The lowest BCUT2D eigenvalue weighted by molar-refractivity contribution is -0.145. The minimum atomic E-state index is -1.01. The van der Waals surface area contributed by atoms with Crippen LogP contribution in [0.1, 0.15) is 12.5 Å². The van der Waals surface area contributed by atoms with Crippen LogP contribution < -0.4 is 4.74 Å². The summed E-state index contributed by atoms with van der Waals surface area (Å²) in [4.78, 5) is 27.9. The minimum absolute atomic E-state index is 0.0883. The Kier molecular flexibility index (Phi) is 4.07. The number of aromatic hydroxyl groups is 1. The molecule has 1 aliphatic heterocycles. The summed E-state index contributed by atoms with van der Waals surface area (Å²) < 4.78 is 9.60. The molecule has 21 heavy (non-hydrogen) atoms. The van der Waals surface area contributed by atoms with Crippen molar-refractivity contribution in [1.82, 2.24) is 0 Å². The molecule has 1 N–H and O–H groups in total. The molecule has 0 aliphatic carbocycles. The maximum Gasteiger partial charge on any atom is 0.322 e. The first-order valence-electron chi connectivity index (χ1n) is 6.24. The predicted octanol–water partition coefficient (Wildman–Crippen LogP) is 1.57. The van der Waals surface area contributed by atoms with Crippen LogP contribution in [0.5, 0.6) is 11.5 Å². The highest BCUT2D eigenvalue weighted by Gasteiger charge is 2.37. The number of benzene rings is 1. The molecule has 0 amide bonds. The number of para-hydroxylation sites is 1. The number of Topliss-reactive ketones (excluding diaryl/α,β-unsaturated/α-hetero) is 1. The van der Waals surface area contributed by atoms with Crippen LogP contribution in [0.3, 0.4) is 0 Å². The number of rotatable bonds is 3. The number of carbonyl (C=O) groups excluding carboxylic acids is 2. The van der Waals surface area contributed by atoms with Crippen molar-refractivity contribution in [3.63, 3.8) is 0 Å². The molecular formula is C15H15NO5. The first-order valence-corrected chi connectivity index (χ1v) is 6.24. The average Bonchev–Trinajstić information content (AvgIpc) is 2.75. The normalized spacial score (nSPS) is 19.6. The number of phenols is 1. The number of ketones is 1. The molecule has 110 valence electrons. The minimum Gasteiger partial charge on any atom is -0.504 e. The predicted molar refractivity (Wildman–Crippen MR) is 76.3 cm³/mol. The van der Waals surface area contributed by atoms with Gasteiger partial charge in [-0.3, -0.25) is 14.6 Å². The summed E-state index contributed by atoms with van der Waals surface area (Å²) >= 11 is 0. The Balaban J connectivity index is 2.40. The van der Waals surface area contributed by atoms with Crippen molar-refractivity contribution in [2.24, 2.45) is 10.9 Å². The lowest BCUT2D eigenvalue weighted by Gasteiger charge is -2.06. The lowest BCUT2D eigenvalue weighted by Crippen LogP contribution is -2.27. The Labute approximate surface area is 121 Å². The number of methoxy groups -OCH3 is 2. The Morgan fingerprint density at radius 2 is 2.10 bits per heavy atom. The third-order valence-electron chi connectivity index (χ3n) is 3.21. The molecule has 1 heterocycles. The number of ether oxygens (including phenoxy) is 2. The number of esters is 1. The standard InChI is InChI=1S/C15H15NO5/c1-8-12(15(19)21-3)14(18)10(16-8)7-9-5-4-6-11(20-2)13(9)17/h4-7,12,17H,1-3H3/b10-7-. The molecule has 1 unspecified atom stereocenters. The number of carbonyl (C=O) groups is 2. The van der Waals surface area contributed by atoms with Gasteiger partial charge in [0.15, 0.2) is 17.4 Å². The van der Waals surface area contributed by atoms with E-state index in [1.54, 1.807) is 25.1 Å². The molecule has 0 bridgehead atoms. The lowest BCUT2D eigenvalue weighted by atomic mass is 10.00. The van der Waals surface area contributed by atoms with E-state index in [4.69, 9.17) is 4.74 Å². The molecule has 6 nitrogen and oxygen atoms in total. The second kappa shape index (κ2) is 5.78. The van der Waals surface area contributed by atoms with Crippen LogP contribution in [0.15, 0.2) is 28.9 Å². The highest BCUT2D eigenvalue weighted by atomic mass is 16.5. The quantitative estimate of drug-likeness (QED) is 0.518. The third-order valence-corrected chi connectivity index (χ3v) is 3.21. The van der Waals surface area contributed by atoms with E-state index in [0.717, 1.165) is 0 Å².